The SMILES string of the molecule is COc1ccc(Br)cc1Nc1cc(C(F)(F)F)cc(Cl)n1. The molecule has 0 aliphatic carbocycles. The van der Waals surface area contributed by atoms with Crippen molar-refractivity contribution >= 4 is 39.0 Å². The summed E-state index contributed by atoms with van der Waals surface area (Å²) in [6.45, 7) is 0. The van der Waals surface area contributed by atoms with Crippen LogP contribution in [0.3, 0.4) is 0 Å². The van der Waals surface area contributed by atoms with E-state index in [-0.39, 0.29) is 11.0 Å². The van der Waals surface area contributed by atoms with E-state index in [9.17, 15) is 13.2 Å². The Hall–Kier alpha value is -1.47. The summed E-state index contributed by atoms with van der Waals surface area (Å²) in [5, 5.41) is 2.52. The van der Waals surface area contributed by atoms with E-state index in [1.165, 1.54) is 7.11 Å². The third-order valence-corrected chi connectivity index (χ3v) is 3.23. The summed E-state index contributed by atoms with van der Waals surface area (Å²) in [7, 11) is 1.46. The topological polar surface area (TPSA) is 34.1 Å². The second kappa shape index (κ2) is 6.11. The highest BCUT2D eigenvalue weighted by Crippen LogP contribution is 2.34. The summed E-state index contributed by atoms with van der Waals surface area (Å²) in [5.41, 5.74) is -0.409. The van der Waals surface area contributed by atoms with Gasteiger partial charge in [-0.25, -0.2) is 4.98 Å². The van der Waals surface area contributed by atoms with Gasteiger partial charge in [0.2, 0.25) is 0 Å². The molecule has 0 aliphatic rings. The zero-order valence-electron chi connectivity index (χ0n) is 10.6. The van der Waals surface area contributed by atoms with Crippen molar-refractivity contribution < 1.29 is 17.9 Å². The van der Waals surface area contributed by atoms with Crippen LogP contribution in [-0.4, -0.2) is 12.1 Å². The molecule has 0 atom stereocenters. The van der Waals surface area contributed by atoms with Gasteiger partial charge < -0.3 is 10.1 Å². The predicted octanol–water partition coefficient (Wildman–Crippen LogP) is 5.27. The fourth-order valence-electron chi connectivity index (χ4n) is 1.64. The number of ether oxygens (including phenoxy) is 1. The van der Waals surface area contributed by atoms with Gasteiger partial charge in [0.05, 0.1) is 18.4 Å². The quantitative estimate of drug-likeness (QED) is 0.736. The fraction of sp³-hybridized carbons (Fsp3) is 0.154. The van der Waals surface area contributed by atoms with Crippen molar-refractivity contribution in [2.24, 2.45) is 0 Å². The van der Waals surface area contributed by atoms with Gasteiger partial charge in [0, 0.05) is 4.47 Å². The van der Waals surface area contributed by atoms with Gasteiger partial charge in [0.1, 0.15) is 16.7 Å². The number of methoxy groups -OCH3 is 1. The average molecular weight is 382 g/mol. The van der Waals surface area contributed by atoms with Crippen LogP contribution in [0, 0.1) is 0 Å². The summed E-state index contributed by atoms with van der Waals surface area (Å²) in [4.78, 5) is 3.83. The predicted molar refractivity (Wildman–Crippen MR) is 78.2 cm³/mol. The molecule has 0 radical (unpaired) electrons. The van der Waals surface area contributed by atoms with E-state index in [2.05, 4.69) is 26.2 Å². The monoisotopic (exact) mass is 380 g/mol. The van der Waals surface area contributed by atoms with E-state index in [0.717, 1.165) is 16.6 Å². The Labute approximate surface area is 132 Å². The molecule has 0 fully saturated rings. The van der Waals surface area contributed by atoms with E-state index in [4.69, 9.17) is 16.3 Å². The zero-order chi connectivity index (χ0) is 15.6. The molecule has 3 nitrogen and oxygen atoms in total. The molecule has 112 valence electrons. The van der Waals surface area contributed by atoms with E-state index in [0.29, 0.717) is 11.4 Å². The maximum absolute atomic E-state index is 12.7. The number of nitrogens with zero attached hydrogens (tertiary/aromatic N) is 1. The van der Waals surface area contributed by atoms with E-state index < -0.39 is 11.7 Å². The first kappa shape index (κ1) is 15.9. The fourth-order valence-corrected chi connectivity index (χ4v) is 2.21. The number of rotatable bonds is 3. The average Bonchev–Trinajstić information content (AvgIpc) is 2.37. The van der Waals surface area contributed by atoms with Crippen molar-refractivity contribution in [1.82, 2.24) is 4.98 Å². The van der Waals surface area contributed by atoms with E-state index in [1.54, 1.807) is 18.2 Å². The van der Waals surface area contributed by atoms with Crippen LogP contribution in [0.5, 0.6) is 5.75 Å². The number of alkyl halides is 3. The number of anilines is 2. The number of nitrogens with one attached hydrogen (secondary N) is 1. The molecule has 0 unspecified atom stereocenters. The van der Waals surface area contributed by atoms with E-state index >= 15 is 0 Å². The maximum Gasteiger partial charge on any atom is 0.416 e. The van der Waals surface area contributed by atoms with Crippen molar-refractivity contribution in [2.45, 2.75) is 6.18 Å². The number of hydrogen-bond acceptors (Lipinski definition) is 3. The lowest BCUT2D eigenvalue weighted by Crippen LogP contribution is -2.07. The zero-order valence-corrected chi connectivity index (χ0v) is 13.0. The molecule has 0 aliphatic heterocycles. The number of benzene rings is 1. The molecule has 2 aromatic rings. The van der Waals surface area contributed by atoms with Crippen molar-refractivity contribution in [3.63, 3.8) is 0 Å². The third-order valence-electron chi connectivity index (χ3n) is 2.55. The molecule has 2 rings (SSSR count). The minimum atomic E-state index is -4.50. The highest BCUT2D eigenvalue weighted by Gasteiger charge is 2.31. The van der Waals surface area contributed by atoms with Crippen molar-refractivity contribution in [3.05, 3.63) is 45.5 Å². The first-order chi connectivity index (χ1) is 9.79. The lowest BCUT2D eigenvalue weighted by atomic mass is 10.2. The molecule has 1 heterocycles. The maximum atomic E-state index is 12.7. The molecule has 1 aromatic carbocycles. The van der Waals surface area contributed by atoms with Crippen molar-refractivity contribution in [2.75, 3.05) is 12.4 Å². The third kappa shape index (κ3) is 4.01. The highest BCUT2D eigenvalue weighted by molar-refractivity contribution is 9.10. The summed E-state index contributed by atoms with van der Waals surface area (Å²) in [6, 6.07) is 6.73. The summed E-state index contributed by atoms with van der Waals surface area (Å²) in [6.07, 6.45) is -4.50. The second-order valence-electron chi connectivity index (χ2n) is 4.03. The standard InChI is InChI=1S/C13H9BrClF3N2O/c1-21-10-3-2-8(14)6-9(10)19-12-5-7(13(16,17)18)4-11(15)20-12/h2-6H,1H3,(H,19,20). The first-order valence-corrected chi connectivity index (χ1v) is 6.82. The van der Waals surface area contributed by atoms with Gasteiger partial charge >= 0.3 is 6.18 Å². The van der Waals surface area contributed by atoms with Gasteiger partial charge in [-0.1, -0.05) is 27.5 Å². The van der Waals surface area contributed by atoms with Crippen LogP contribution in [0.1, 0.15) is 5.56 Å². The van der Waals surface area contributed by atoms with Gasteiger partial charge in [-0.15, -0.1) is 0 Å². The van der Waals surface area contributed by atoms with Crippen LogP contribution < -0.4 is 10.1 Å². The van der Waals surface area contributed by atoms with Gasteiger partial charge in [-0.2, -0.15) is 13.2 Å². The van der Waals surface area contributed by atoms with Crippen LogP contribution in [0.15, 0.2) is 34.8 Å². The Bertz CT molecular complexity index is 664. The molecule has 0 saturated carbocycles. The smallest absolute Gasteiger partial charge is 0.416 e. The van der Waals surface area contributed by atoms with Gasteiger partial charge in [0.25, 0.3) is 0 Å². The highest BCUT2D eigenvalue weighted by atomic mass is 79.9. The molecule has 0 amide bonds. The number of halogens is 5. The molecule has 8 heteroatoms. The largest absolute Gasteiger partial charge is 0.495 e. The van der Waals surface area contributed by atoms with Crippen LogP contribution >= 0.6 is 27.5 Å². The molecule has 0 spiro atoms. The van der Waals surface area contributed by atoms with Crippen LogP contribution in [0.2, 0.25) is 5.15 Å². The van der Waals surface area contributed by atoms with Crippen LogP contribution in [-0.2, 0) is 6.18 Å². The molecule has 21 heavy (non-hydrogen) atoms. The minimum absolute atomic E-state index is 0.0220. The van der Waals surface area contributed by atoms with Crippen molar-refractivity contribution in [3.8, 4) is 5.75 Å². The normalized spacial score (nSPS) is 11.3. The molecule has 0 saturated heterocycles. The van der Waals surface area contributed by atoms with Gasteiger partial charge in [-0.05, 0) is 30.3 Å². The number of pyridine rings is 1. The van der Waals surface area contributed by atoms with Gasteiger partial charge in [0.15, 0.2) is 0 Å². The Balaban J connectivity index is 2.40. The minimum Gasteiger partial charge on any atom is -0.495 e. The van der Waals surface area contributed by atoms with E-state index in [1.807, 2.05) is 0 Å². The second-order valence-corrected chi connectivity index (χ2v) is 5.33. The summed E-state index contributed by atoms with van der Waals surface area (Å²) < 4.78 is 44.1. The lowest BCUT2D eigenvalue weighted by Gasteiger charge is -2.13. The molecule has 1 N–H and O–H groups in total. The lowest BCUT2D eigenvalue weighted by molar-refractivity contribution is -0.137. The Kier molecular flexibility index (Phi) is 4.63. The van der Waals surface area contributed by atoms with Crippen molar-refractivity contribution in [1.29, 1.82) is 0 Å². The Morgan fingerprint density at radius 2 is 1.95 bits per heavy atom. The Morgan fingerprint density at radius 3 is 2.57 bits per heavy atom. The summed E-state index contributed by atoms with van der Waals surface area (Å²) in [5.74, 6) is 0.444. The van der Waals surface area contributed by atoms with Gasteiger partial charge in [-0.3, -0.25) is 0 Å². The first-order valence-electron chi connectivity index (χ1n) is 5.65. The Morgan fingerprint density at radius 1 is 1.24 bits per heavy atom. The van der Waals surface area contributed by atoms with Crippen LogP contribution in [0.4, 0.5) is 24.7 Å². The molecule has 1 aromatic heterocycles. The number of hydrogen-bond donors (Lipinski definition) is 1. The molecular weight excluding hydrogens is 373 g/mol. The summed E-state index contributed by atoms with van der Waals surface area (Å²) >= 11 is 8.91. The number of aromatic nitrogens is 1. The molecular formula is C13H9BrClF3N2O. The van der Waals surface area contributed by atoms with Crippen LogP contribution in [0.25, 0.3) is 0 Å². The molecule has 0 bridgehead atoms.